The van der Waals surface area contributed by atoms with Gasteiger partial charge >= 0.3 is 0 Å². The molecule has 0 amide bonds. The highest BCUT2D eigenvalue weighted by Crippen LogP contribution is 1.59. The van der Waals surface area contributed by atoms with E-state index in [1.165, 1.54) is 0 Å². The van der Waals surface area contributed by atoms with Crippen molar-refractivity contribution in [2.24, 2.45) is 0 Å². The van der Waals surface area contributed by atoms with E-state index in [1.54, 1.807) is 13.0 Å². The van der Waals surface area contributed by atoms with Crippen LogP contribution in [-0.2, 0) is 0 Å². The van der Waals surface area contributed by atoms with Crippen molar-refractivity contribution < 1.29 is 0 Å². The second-order valence-electron chi connectivity index (χ2n) is 2.99. The van der Waals surface area contributed by atoms with E-state index in [1.807, 2.05) is 0 Å². The van der Waals surface area contributed by atoms with Gasteiger partial charge in [0.05, 0.1) is 0 Å². The highest BCUT2D eigenvalue weighted by molar-refractivity contribution is 5.47. The van der Waals surface area contributed by atoms with E-state index < -0.39 is 0 Å². The van der Waals surface area contributed by atoms with Crippen LogP contribution in [0, 0.1) is 142 Å². The number of nitriles is 1. The predicted molar refractivity (Wildman–Crippen MR) is 96.8 cm³/mol. The molecular formula is C24H3N. The zero-order chi connectivity index (χ0) is 18.3. The Morgan fingerprint density at radius 3 is 0.720 bits per heavy atom. The molecule has 0 atom stereocenters. The summed E-state index contributed by atoms with van der Waals surface area (Å²) in [6, 6.07) is 1.63. The molecule has 0 unspecified atom stereocenters. The third-order valence-corrected chi connectivity index (χ3v) is 1.43. The van der Waals surface area contributed by atoms with E-state index >= 15 is 0 Å². The van der Waals surface area contributed by atoms with Crippen LogP contribution < -0.4 is 0 Å². The maximum Gasteiger partial charge on any atom is 0.153 e. The van der Waals surface area contributed by atoms with Gasteiger partial charge in [-0.25, -0.2) is 0 Å². The first-order valence-electron chi connectivity index (χ1n) is 6.22. The molecule has 0 aromatic heterocycles. The van der Waals surface area contributed by atoms with Crippen molar-refractivity contribution in [2.75, 3.05) is 0 Å². The molecule has 0 rings (SSSR count). The van der Waals surface area contributed by atoms with Gasteiger partial charge in [0.1, 0.15) is 0 Å². The SMILES string of the molecule is CC#CC#CC#CC#CC#CC#CC#CC#CC#CC#CC#CC#N. The van der Waals surface area contributed by atoms with Gasteiger partial charge in [0.15, 0.2) is 6.07 Å². The molecule has 0 fully saturated rings. The standard InChI is InChI=1S/C24H3N/c1-2-3-4-5-6-7-8-9-10-11-12-13-14-15-16-17-18-19-20-21-22-23-24-25/h1H3. The van der Waals surface area contributed by atoms with Gasteiger partial charge in [-0.15, -0.1) is 0 Å². The summed E-state index contributed by atoms with van der Waals surface area (Å²) in [7, 11) is 0. The Labute approximate surface area is 149 Å². The molecule has 0 aliphatic carbocycles. The van der Waals surface area contributed by atoms with Crippen molar-refractivity contribution in [3.63, 3.8) is 0 Å². The Kier molecular flexibility index (Phi) is 14.7. The zero-order valence-corrected chi connectivity index (χ0v) is 12.9. The minimum atomic E-state index is 1.63. The summed E-state index contributed by atoms with van der Waals surface area (Å²) in [5, 5.41) is 8.12. The van der Waals surface area contributed by atoms with Crippen LogP contribution in [0.15, 0.2) is 0 Å². The first-order chi connectivity index (χ1) is 12.4. The normalized spacial score (nSPS) is 3.84. The van der Waals surface area contributed by atoms with Crippen molar-refractivity contribution >= 4 is 0 Å². The van der Waals surface area contributed by atoms with Crippen molar-refractivity contribution in [3.05, 3.63) is 0 Å². The van der Waals surface area contributed by atoms with Gasteiger partial charge in [-0.1, -0.05) is 5.92 Å². The summed E-state index contributed by atoms with van der Waals surface area (Å²) >= 11 is 0. The molecule has 0 aliphatic heterocycles. The molecule has 0 spiro atoms. The van der Waals surface area contributed by atoms with Crippen LogP contribution >= 0.6 is 0 Å². The van der Waals surface area contributed by atoms with Gasteiger partial charge < -0.3 is 0 Å². The summed E-state index contributed by atoms with van der Waals surface area (Å²) in [5.74, 6) is 54.1. The largest absolute Gasteiger partial charge is 0.183 e. The lowest BCUT2D eigenvalue weighted by Crippen LogP contribution is -1.56. The van der Waals surface area contributed by atoms with Gasteiger partial charge in [-0.2, -0.15) is 5.26 Å². The average Bonchev–Trinajstić information content (AvgIpc) is 2.63. The lowest BCUT2D eigenvalue weighted by Gasteiger charge is -1.57. The summed E-state index contributed by atoms with van der Waals surface area (Å²) in [4.78, 5) is 0. The Bertz CT molecular complexity index is 1250. The summed E-state index contributed by atoms with van der Waals surface area (Å²) < 4.78 is 0. The minimum absolute atomic E-state index is 1.63. The summed E-state index contributed by atoms with van der Waals surface area (Å²) in [6.45, 7) is 1.69. The lowest BCUT2D eigenvalue weighted by molar-refractivity contribution is 1.55. The van der Waals surface area contributed by atoms with E-state index in [-0.39, 0.29) is 0 Å². The van der Waals surface area contributed by atoms with Crippen LogP contribution in [0.2, 0.25) is 0 Å². The molecule has 0 saturated heterocycles. The molecule has 0 aliphatic rings. The first-order valence-corrected chi connectivity index (χ1v) is 6.22. The molecule has 1 heteroatoms. The zero-order valence-electron chi connectivity index (χ0n) is 12.9. The molecule has 0 aromatic carbocycles. The monoisotopic (exact) mass is 305 g/mol. The Hall–Kier alpha value is -5.35. The van der Waals surface area contributed by atoms with Crippen LogP contribution in [-0.4, -0.2) is 0 Å². The van der Waals surface area contributed by atoms with Crippen LogP contribution in [0.3, 0.4) is 0 Å². The van der Waals surface area contributed by atoms with Gasteiger partial charge in [0, 0.05) is 77.0 Å². The molecule has 0 N–H and O–H groups in total. The average molecular weight is 305 g/mol. The van der Waals surface area contributed by atoms with Gasteiger partial charge in [-0.05, 0) is 54.3 Å². The third-order valence-electron chi connectivity index (χ3n) is 1.43. The lowest BCUT2D eigenvalue weighted by atomic mass is 10.4. The van der Waals surface area contributed by atoms with E-state index in [9.17, 15) is 0 Å². The molecule has 25 heavy (non-hydrogen) atoms. The molecule has 0 saturated carbocycles. The van der Waals surface area contributed by atoms with Gasteiger partial charge in [0.2, 0.25) is 0 Å². The molecule has 0 radical (unpaired) electrons. The smallest absolute Gasteiger partial charge is 0.153 e. The highest BCUT2D eigenvalue weighted by atomic mass is 14.2. The van der Waals surface area contributed by atoms with Crippen molar-refractivity contribution in [3.8, 4) is 136 Å². The van der Waals surface area contributed by atoms with Crippen molar-refractivity contribution in [1.82, 2.24) is 0 Å². The fourth-order valence-corrected chi connectivity index (χ4v) is 0.684. The molecule has 104 valence electrons. The van der Waals surface area contributed by atoms with Crippen LogP contribution in [0.25, 0.3) is 0 Å². The summed E-state index contributed by atoms with van der Waals surface area (Å²) in [6.07, 6.45) is 0. The number of nitrogens with zero attached hydrogens (tertiary/aromatic N) is 1. The Morgan fingerprint density at radius 1 is 0.320 bits per heavy atom. The van der Waals surface area contributed by atoms with Gasteiger partial charge in [0.25, 0.3) is 0 Å². The fourth-order valence-electron chi connectivity index (χ4n) is 0.684. The number of hydrogen-bond acceptors (Lipinski definition) is 1. The first kappa shape index (κ1) is 19.7. The summed E-state index contributed by atoms with van der Waals surface area (Å²) in [5.41, 5.74) is 0. The predicted octanol–water partition coefficient (Wildman–Crippen LogP) is 0.567. The molecule has 0 bridgehead atoms. The molecule has 1 nitrogen and oxygen atoms in total. The van der Waals surface area contributed by atoms with E-state index in [2.05, 4.69) is 130 Å². The fraction of sp³-hybridized carbons (Fsp3) is 0.0417. The maximum absolute atomic E-state index is 8.12. The molecule has 0 heterocycles. The van der Waals surface area contributed by atoms with Gasteiger partial charge in [-0.3, -0.25) is 0 Å². The van der Waals surface area contributed by atoms with Crippen molar-refractivity contribution in [2.45, 2.75) is 6.92 Å². The van der Waals surface area contributed by atoms with Crippen LogP contribution in [0.5, 0.6) is 0 Å². The Morgan fingerprint density at radius 2 is 0.520 bits per heavy atom. The molecular weight excluding hydrogens is 302 g/mol. The highest BCUT2D eigenvalue weighted by Gasteiger charge is 1.59. The molecule has 0 aromatic rings. The van der Waals surface area contributed by atoms with Crippen LogP contribution in [0.1, 0.15) is 6.92 Å². The minimum Gasteiger partial charge on any atom is -0.183 e. The maximum atomic E-state index is 8.12. The quantitative estimate of drug-likeness (QED) is 0.600. The Balaban J connectivity index is 4.41. The van der Waals surface area contributed by atoms with E-state index in [0.29, 0.717) is 0 Å². The third kappa shape index (κ3) is 18.6. The number of rotatable bonds is 0. The number of hydrogen-bond donors (Lipinski definition) is 0. The van der Waals surface area contributed by atoms with E-state index in [0.717, 1.165) is 0 Å². The second kappa shape index (κ2) is 18.7. The second-order valence-corrected chi connectivity index (χ2v) is 2.99. The van der Waals surface area contributed by atoms with E-state index in [4.69, 9.17) is 5.26 Å². The van der Waals surface area contributed by atoms with Crippen LogP contribution in [0.4, 0.5) is 0 Å². The topological polar surface area (TPSA) is 23.8 Å². The van der Waals surface area contributed by atoms with Crippen molar-refractivity contribution in [1.29, 1.82) is 5.26 Å².